The van der Waals surface area contributed by atoms with Crippen LogP contribution in [-0.2, 0) is 14.2 Å². The molecule has 0 aromatic rings. The van der Waals surface area contributed by atoms with Crippen molar-refractivity contribution < 1.29 is 19.3 Å². The monoisotopic (exact) mass is 262 g/mol. The van der Waals surface area contributed by atoms with Gasteiger partial charge in [-0.3, -0.25) is 0 Å². The Morgan fingerprint density at radius 1 is 0.778 bits per heavy atom. The average Bonchev–Trinajstić information content (AvgIpc) is 2.37. The molecule has 0 aliphatic rings. The summed E-state index contributed by atoms with van der Waals surface area (Å²) in [5.74, 6) is 0. The van der Waals surface area contributed by atoms with Crippen molar-refractivity contribution in [3.8, 4) is 0 Å². The third kappa shape index (κ3) is 13.9. The molecule has 0 heterocycles. The molecule has 18 heavy (non-hydrogen) atoms. The van der Waals surface area contributed by atoms with Crippen LogP contribution in [-0.4, -0.2) is 44.4 Å². The Morgan fingerprint density at radius 2 is 1.39 bits per heavy atom. The second-order valence-corrected chi connectivity index (χ2v) is 4.40. The van der Waals surface area contributed by atoms with Gasteiger partial charge in [-0.2, -0.15) is 0 Å². The molecule has 1 unspecified atom stereocenters. The maximum absolute atomic E-state index is 9.47. The van der Waals surface area contributed by atoms with E-state index in [1.807, 2.05) is 0 Å². The maximum Gasteiger partial charge on any atom is 0.154 e. The molecule has 0 amide bonds. The third-order valence-electron chi connectivity index (χ3n) is 2.61. The molecule has 0 aromatic heterocycles. The first kappa shape index (κ1) is 17.8. The van der Waals surface area contributed by atoms with Gasteiger partial charge in [0.25, 0.3) is 0 Å². The van der Waals surface area contributed by atoms with Crippen LogP contribution in [0, 0.1) is 0 Å². The molecule has 0 saturated heterocycles. The highest BCUT2D eigenvalue weighted by molar-refractivity contribution is 4.44. The van der Waals surface area contributed by atoms with E-state index >= 15 is 0 Å². The Labute approximate surface area is 112 Å². The molecule has 0 aliphatic carbocycles. The van der Waals surface area contributed by atoms with Crippen molar-refractivity contribution in [2.45, 2.75) is 58.7 Å². The van der Waals surface area contributed by atoms with Crippen LogP contribution < -0.4 is 0 Å². The second kappa shape index (κ2) is 14.9. The fourth-order valence-corrected chi connectivity index (χ4v) is 1.46. The number of hydrogen-bond donors (Lipinski definition) is 1. The van der Waals surface area contributed by atoms with E-state index in [1.54, 1.807) is 0 Å². The Kier molecular flexibility index (Phi) is 14.8. The standard InChI is InChI=1S/C14H30O4/c1-3-5-7-8-14(15)18-13-12-17-11-10-16-9-6-4-2/h14-15H,3-13H2,1-2H3. The Morgan fingerprint density at radius 3 is 2.06 bits per heavy atom. The molecule has 0 spiro atoms. The number of hydrogen-bond acceptors (Lipinski definition) is 4. The first-order chi connectivity index (χ1) is 8.81. The minimum atomic E-state index is -0.638. The van der Waals surface area contributed by atoms with Crippen LogP contribution in [0.2, 0.25) is 0 Å². The van der Waals surface area contributed by atoms with Crippen molar-refractivity contribution in [2.75, 3.05) is 33.0 Å². The van der Waals surface area contributed by atoms with Crippen LogP contribution in [0.5, 0.6) is 0 Å². The van der Waals surface area contributed by atoms with Gasteiger partial charge in [0.2, 0.25) is 0 Å². The zero-order chi connectivity index (χ0) is 13.5. The van der Waals surface area contributed by atoms with Gasteiger partial charge >= 0.3 is 0 Å². The highest BCUT2D eigenvalue weighted by Crippen LogP contribution is 2.04. The highest BCUT2D eigenvalue weighted by Gasteiger charge is 2.02. The maximum atomic E-state index is 9.47. The topological polar surface area (TPSA) is 47.9 Å². The van der Waals surface area contributed by atoms with E-state index in [9.17, 15) is 5.11 Å². The molecule has 0 saturated carbocycles. The normalized spacial score (nSPS) is 12.8. The van der Waals surface area contributed by atoms with Gasteiger partial charge in [-0.15, -0.1) is 0 Å². The van der Waals surface area contributed by atoms with E-state index in [2.05, 4.69) is 13.8 Å². The molecule has 110 valence electrons. The lowest BCUT2D eigenvalue weighted by molar-refractivity contribution is -0.117. The van der Waals surface area contributed by atoms with Gasteiger partial charge < -0.3 is 19.3 Å². The van der Waals surface area contributed by atoms with Gasteiger partial charge in [0.05, 0.1) is 26.4 Å². The van der Waals surface area contributed by atoms with E-state index in [1.165, 1.54) is 0 Å². The van der Waals surface area contributed by atoms with E-state index in [0.717, 1.165) is 38.7 Å². The largest absolute Gasteiger partial charge is 0.379 e. The van der Waals surface area contributed by atoms with Gasteiger partial charge in [0.15, 0.2) is 6.29 Å². The SMILES string of the molecule is CCCCCC(O)OCCOCCOCCCC. The minimum Gasteiger partial charge on any atom is -0.379 e. The van der Waals surface area contributed by atoms with Gasteiger partial charge in [0, 0.05) is 6.61 Å². The Balaban J connectivity index is 3.05. The van der Waals surface area contributed by atoms with Gasteiger partial charge in [-0.25, -0.2) is 0 Å². The van der Waals surface area contributed by atoms with E-state index < -0.39 is 6.29 Å². The first-order valence-electron chi connectivity index (χ1n) is 7.26. The lowest BCUT2D eigenvalue weighted by Crippen LogP contribution is -2.16. The van der Waals surface area contributed by atoms with Crippen molar-refractivity contribution in [3.05, 3.63) is 0 Å². The molecule has 4 heteroatoms. The molecule has 0 radical (unpaired) electrons. The molecule has 0 bridgehead atoms. The number of aliphatic hydroxyl groups excluding tert-OH is 1. The van der Waals surface area contributed by atoms with Crippen molar-refractivity contribution >= 4 is 0 Å². The van der Waals surface area contributed by atoms with Gasteiger partial charge in [-0.1, -0.05) is 33.1 Å². The van der Waals surface area contributed by atoms with Crippen molar-refractivity contribution in [1.82, 2.24) is 0 Å². The van der Waals surface area contributed by atoms with Gasteiger partial charge in [0.1, 0.15) is 0 Å². The molecular formula is C14H30O4. The molecule has 0 rings (SSSR count). The average molecular weight is 262 g/mol. The first-order valence-corrected chi connectivity index (χ1v) is 7.26. The predicted octanol–water partition coefficient (Wildman–Crippen LogP) is 2.74. The number of aliphatic hydroxyl groups is 1. The summed E-state index contributed by atoms with van der Waals surface area (Å²) in [7, 11) is 0. The summed E-state index contributed by atoms with van der Waals surface area (Å²) in [6.07, 6.45) is 5.66. The fourth-order valence-electron chi connectivity index (χ4n) is 1.46. The third-order valence-corrected chi connectivity index (χ3v) is 2.61. The minimum absolute atomic E-state index is 0.447. The summed E-state index contributed by atoms with van der Waals surface area (Å²) in [5.41, 5.74) is 0. The second-order valence-electron chi connectivity index (χ2n) is 4.40. The zero-order valence-electron chi connectivity index (χ0n) is 12.0. The lowest BCUT2D eigenvalue weighted by Gasteiger charge is -2.11. The van der Waals surface area contributed by atoms with Crippen molar-refractivity contribution in [3.63, 3.8) is 0 Å². The predicted molar refractivity (Wildman–Crippen MR) is 72.6 cm³/mol. The number of ether oxygens (including phenoxy) is 3. The molecule has 0 aromatic carbocycles. The summed E-state index contributed by atoms with van der Waals surface area (Å²) < 4.78 is 15.9. The molecular weight excluding hydrogens is 232 g/mol. The van der Waals surface area contributed by atoms with Crippen LogP contribution >= 0.6 is 0 Å². The summed E-state index contributed by atoms with van der Waals surface area (Å²) in [4.78, 5) is 0. The molecule has 1 N–H and O–H groups in total. The molecule has 0 aliphatic heterocycles. The molecule has 0 fully saturated rings. The smallest absolute Gasteiger partial charge is 0.154 e. The van der Waals surface area contributed by atoms with Crippen LogP contribution in [0.3, 0.4) is 0 Å². The quantitative estimate of drug-likeness (QED) is 0.386. The summed E-state index contributed by atoms with van der Waals surface area (Å²) >= 11 is 0. The zero-order valence-corrected chi connectivity index (χ0v) is 12.0. The summed E-state index contributed by atoms with van der Waals surface area (Å²) in [5, 5.41) is 9.47. The van der Waals surface area contributed by atoms with Gasteiger partial charge in [-0.05, 0) is 19.3 Å². The lowest BCUT2D eigenvalue weighted by atomic mass is 10.2. The van der Waals surface area contributed by atoms with Crippen molar-refractivity contribution in [1.29, 1.82) is 0 Å². The number of unbranched alkanes of at least 4 members (excludes halogenated alkanes) is 3. The van der Waals surface area contributed by atoms with Crippen LogP contribution in [0.4, 0.5) is 0 Å². The Hall–Kier alpha value is -0.160. The van der Waals surface area contributed by atoms with E-state index in [-0.39, 0.29) is 0 Å². The molecule has 4 nitrogen and oxygen atoms in total. The Bertz CT molecular complexity index is 153. The van der Waals surface area contributed by atoms with E-state index in [0.29, 0.717) is 32.8 Å². The van der Waals surface area contributed by atoms with E-state index in [4.69, 9.17) is 14.2 Å². The van der Waals surface area contributed by atoms with Crippen LogP contribution in [0.25, 0.3) is 0 Å². The van der Waals surface area contributed by atoms with Crippen LogP contribution in [0.1, 0.15) is 52.4 Å². The molecule has 1 atom stereocenters. The summed E-state index contributed by atoms with van der Waals surface area (Å²) in [6.45, 7) is 7.29. The summed E-state index contributed by atoms with van der Waals surface area (Å²) in [6, 6.07) is 0. The van der Waals surface area contributed by atoms with Crippen LogP contribution in [0.15, 0.2) is 0 Å². The van der Waals surface area contributed by atoms with Crippen molar-refractivity contribution in [2.24, 2.45) is 0 Å². The highest BCUT2D eigenvalue weighted by atomic mass is 16.6. The number of rotatable bonds is 14. The fraction of sp³-hybridized carbons (Fsp3) is 1.00.